The molecule has 1 amide bonds. The van der Waals surface area contributed by atoms with E-state index in [1.807, 2.05) is 0 Å². The SMILES string of the molecule is COc1cc2nccc(Oc3ccc(N(CNC4CC4)N=O)c(Cl)c3)c2cc1C(N)=O. The number of amides is 1. The van der Waals surface area contributed by atoms with Gasteiger partial charge >= 0.3 is 0 Å². The predicted octanol–water partition coefficient (Wildman–Crippen LogP) is 3.99. The molecule has 1 aliphatic rings. The van der Waals surface area contributed by atoms with Crippen molar-refractivity contribution in [3.63, 3.8) is 0 Å². The number of primary amides is 1. The van der Waals surface area contributed by atoms with E-state index >= 15 is 0 Å². The molecule has 0 radical (unpaired) electrons. The molecule has 160 valence electrons. The summed E-state index contributed by atoms with van der Waals surface area (Å²) < 4.78 is 11.2. The van der Waals surface area contributed by atoms with Crippen molar-refractivity contribution in [3.8, 4) is 17.2 Å². The Morgan fingerprint density at radius 3 is 2.74 bits per heavy atom. The van der Waals surface area contributed by atoms with E-state index in [4.69, 9.17) is 26.8 Å². The highest BCUT2D eigenvalue weighted by molar-refractivity contribution is 6.33. The monoisotopic (exact) mass is 441 g/mol. The van der Waals surface area contributed by atoms with Crippen molar-refractivity contribution in [2.24, 2.45) is 11.0 Å². The van der Waals surface area contributed by atoms with Crippen LogP contribution in [0.4, 0.5) is 5.69 Å². The van der Waals surface area contributed by atoms with Crippen LogP contribution in [0, 0.1) is 4.91 Å². The van der Waals surface area contributed by atoms with Gasteiger partial charge < -0.3 is 15.2 Å². The summed E-state index contributed by atoms with van der Waals surface area (Å²) in [6.07, 6.45) is 3.77. The van der Waals surface area contributed by atoms with Crippen LogP contribution in [0.1, 0.15) is 23.2 Å². The number of nitroso groups, excluding NO2 is 1. The fraction of sp³-hybridized carbons (Fsp3) is 0.238. The fourth-order valence-electron chi connectivity index (χ4n) is 3.15. The van der Waals surface area contributed by atoms with Crippen molar-refractivity contribution < 1.29 is 14.3 Å². The van der Waals surface area contributed by atoms with Crippen molar-refractivity contribution in [1.82, 2.24) is 10.3 Å². The summed E-state index contributed by atoms with van der Waals surface area (Å²) in [6.45, 7) is 0.279. The molecule has 10 heteroatoms. The molecule has 0 aliphatic heterocycles. The molecule has 3 N–H and O–H groups in total. The van der Waals surface area contributed by atoms with Gasteiger partial charge in [-0.2, -0.15) is 0 Å². The average molecular weight is 442 g/mol. The number of rotatable bonds is 9. The van der Waals surface area contributed by atoms with E-state index in [1.165, 1.54) is 12.1 Å². The zero-order valence-electron chi connectivity index (χ0n) is 16.7. The molecular formula is C21H20ClN5O4. The lowest BCUT2D eigenvalue weighted by atomic mass is 10.1. The number of hydrogen-bond acceptors (Lipinski definition) is 7. The Morgan fingerprint density at radius 2 is 2.10 bits per heavy atom. The topological polar surface area (TPSA) is 119 Å². The van der Waals surface area contributed by atoms with Crippen molar-refractivity contribution >= 4 is 34.1 Å². The fourth-order valence-corrected chi connectivity index (χ4v) is 3.42. The molecule has 0 bridgehead atoms. The standard InChI is InChI=1S/C21H20ClN5O4/c1-30-20-10-17-14(9-15(20)21(23)28)19(6-7-24-17)31-13-4-5-18(16(22)8-13)27(26-29)11-25-12-2-3-12/h4-10,12,25H,2-3,11H2,1H3,(H2,23,28). The maximum absolute atomic E-state index is 11.8. The van der Waals surface area contributed by atoms with Gasteiger partial charge in [0.2, 0.25) is 0 Å². The second kappa shape index (κ2) is 8.75. The summed E-state index contributed by atoms with van der Waals surface area (Å²) in [4.78, 5) is 27.3. The van der Waals surface area contributed by atoms with Crippen LogP contribution in [-0.2, 0) is 0 Å². The van der Waals surface area contributed by atoms with Crippen molar-refractivity contribution in [2.75, 3.05) is 18.8 Å². The number of carbonyl (C=O) groups excluding carboxylic acids is 1. The first kappa shape index (κ1) is 20.8. The summed E-state index contributed by atoms with van der Waals surface area (Å²) in [5, 5.41) is 8.43. The van der Waals surface area contributed by atoms with Gasteiger partial charge in [-0.3, -0.25) is 15.1 Å². The van der Waals surface area contributed by atoms with E-state index in [2.05, 4.69) is 15.6 Å². The lowest BCUT2D eigenvalue weighted by molar-refractivity contribution is 0.0997. The first-order valence-corrected chi connectivity index (χ1v) is 9.96. The van der Waals surface area contributed by atoms with Gasteiger partial charge in [0.1, 0.15) is 17.2 Å². The molecule has 9 nitrogen and oxygen atoms in total. The molecule has 1 aromatic heterocycles. The zero-order valence-corrected chi connectivity index (χ0v) is 17.4. The third kappa shape index (κ3) is 4.52. The normalized spacial score (nSPS) is 13.1. The number of ether oxygens (including phenoxy) is 2. The van der Waals surface area contributed by atoms with E-state index in [0.717, 1.165) is 12.8 Å². The molecule has 1 heterocycles. The molecule has 0 unspecified atom stereocenters. The maximum atomic E-state index is 11.8. The minimum atomic E-state index is -0.623. The molecule has 1 aliphatic carbocycles. The highest BCUT2D eigenvalue weighted by Gasteiger charge is 2.22. The third-order valence-corrected chi connectivity index (χ3v) is 5.22. The molecule has 1 saturated carbocycles. The smallest absolute Gasteiger partial charge is 0.252 e. The van der Waals surface area contributed by atoms with Crippen LogP contribution in [0.3, 0.4) is 0 Å². The number of methoxy groups -OCH3 is 1. The largest absolute Gasteiger partial charge is 0.496 e. The van der Waals surface area contributed by atoms with Crippen molar-refractivity contribution in [2.45, 2.75) is 18.9 Å². The molecular weight excluding hydrogens is 422 g/mol. The minimum absolute atomic E-state index is 0.220. The quantitative estimate of drug-likeness (QED) is 0.292. The van der Waals surface area contributed by atoms with Crippen molar-refractivity contribution in [3.05, 3.63) is 58.1 Å². The number of fused-ring (bicyclic) bond motifs is 1. The van der Waals surface area contributed by atoms with E-state index < -0.39 is 5.91 Å². The Hall–Kier alpha value is -3.43. The van der Waals surface area contributed by atoms with Gasteiger partial charge in [-0.1, -0.05) is 11.6 Å². The number of anilines is 1. The van der Waals surface area contributed by atoms with Gasteiger partial charge in [0.05, 0.1) is 40.9 Å². The van der Waals surface area contributed by atoms with Gasteiger partial charge in [0.15, 0.2) is 0 Å². The van der Waals surface area contributed by atoms with E-state index in [9.17, 15) is 9.70 Å². The first-order chi connectivity index (χ1) is 15.0. The van der Waals surface area contributed by atoms with Crippen LogP contribution >= 0.6 is 11.6 Å². The predicted molar refractivity (Wildman–Crippen MR) is 118 cm³/mol. The summed E-state index contributed by atoms with van der Waals surface area (Å²) in [6, 6.07) is 10.2. The van der Waals surface area contributed by atoms with Crippen LogP contribution < -0.4 is 25.5 Å². The van der Waals surface area contributed by atoms with Gasteiger partial charge in [-0.15, -0.1) is 4.91 Å². The lowest BCUT2D eigenvalue weighted by Gasteiger charge is -2.18. The number of pyridine rings is 1. The molecule has 1 fully saturated rings. The Kier molecular flexibility index (Phi) is 5.88. The Bertz CT molecular complexity index is 1150. The molecule has 4 rings (SSSR count). The molecule has 0 atom stereocenters. The number of nitrogens with one attached hydrogen (secondary N) is 1. The minimum Gasteiger partial charge on any atom is -0.496 e. The molecule has 0 saturated heterocycles. The molecule has 3 aromatic rings. The van der Waals surface area contributed by atoms with Crippen LogP contribution in [0.5, 0.6) is 17.2 Å². The number of benzene rings is 2. The number of carbonyl (C=O) groups is 1. The number of nitrogens with zero attached hydrogens (tertiary/aromatic N) is 3. The first-order valence-electron chi connectivity index (χ1n) is 9.58. The van der Waals surface area contributed by atoms with Gasteiger partial charge in [0, 0.05) is 29.8 Å². The summed E-state index contributed by atoms with van der Waals surface area (Å²) in [5.41, 5.74) is 6.73. The third-order valence-electron chi connectivity index (χ3n) is 4.92. The summed E-state index contributed by atoms with van der Waals surface area (Å²) in [7, 11) is 1.45. The van der Waals surface area contributed by atoms with Crippen LogP contribution in [0.15, 0.2) is 47.9 Å². The second-order valence-electron chi connectivity index (χ2n) is 7.08. The maximum Gasteiger partial charge on any atom is 0.252 e. The Morgan fingerprint density at radius 1 is 1.29 bits per heavy atom. The van der Waals surface area contributed by atoms with Gasteiger partial charge in [-0.05, 0) is 37.1 Å². The van der Waals surface area contributed by atoms with Crippen LogP contribution in [0.25, 0.3) is 10.9 Å². The van der Waals surface area contributed by atoms with E-state index in [1.54, 1.807) is 42.6 Å². The van der Waals surface area contributed by atoms with Gasteiger partial charge in [0.25, 0.3) is 5.91 Å². The average Bonchev–Trinajstić information content (AvgIpc) is 3.59. The summed E-state index contributed by atoms with van der Waals surface area (Å²) >= 11 is 6.39. The molecule has 2 aromatic carbocycles. The lowest BCUT2D eigenvalue weighted by Crippen LogP contribution is -2.31. The Balaban J connectivity index is 1.62. The van der Waals surface area contributed by atoms with Gasteiger partial charge in [-0.25, -0.2) is 5.01 Å². The number of nitrogens with two attached hydrogens (primary N) is 1. The number of halogens is 1. The van der Waals surface area contributed by atoms with Crippen LogP contribution in [-0.4, -0.2) is 30.7 Å². The van der Waals surface area contributed by atoms with E-state index in [0.29, 0.717) is 44.9 Å². The highest BCUT2D eigenvalue weighted by atomic mass is 35.5. The number of aromatic nitrogens is 1. The molecule has 0 spiro atoms. The summed E-state index contributed by atoms with van der Waals surface area (Å²) in [5.74, 6) is 0.610. The molecule has 31 heavy (non-hydrogen) atoms. The second-order valence-corrected chi connectivity index (χ2v) is 7.48. The van der Waals surface area contributed by atoms with E-state index in [-0.39, 0.29) is 12.2 Å². The van der Waals surface area contributed by atoms with Crippen molar-refractivity contribution in [1.29, 1.82) is 0 Å². The van der Waals surface area contributed by atoms with Crippen LogP contribution in [0.2, 0.25) is 5.02 Å². The Labute approximate surface area is 183 Å². The zero-order chi connectivity index (χ0) is 22.0. The number of hydrogen-bond donors (Lipinski definition) is 2. The highest BCUT2D eigenvalue weighted by Crippen LogP contribution is 2.36.